The second kappa shape index (κ2) is 11.5. The lowest BCUT2D eigenvalue weighted by Gasteiger charge is -2.51. The van der Waals surface area contributed by atoms with Crippen LogP contribution in [0, 0.1) is 17.6 Å². The van der Waals surface area contributed by atoms with Crippen LogP contribution in [0.15, 0.2) is 36.4 Å². The van der Waals surface area contributed by atoms with E-state index < -0.39 is 22.7 Å². The predicted molar refractivity (Wildman–Crippen MR) is 150 cm³/mol. The second-order valence-corrected chi connectivity index (χ2v) is 13.6. The molecule has 9 heteroatoms. The Morgan fingerprint density at radius 2 is 1.92 bits per heavy atom. The van der Waals surface area contributed by atoms with Crippen molar-refractivity contribution in [2.45, 2.75) is 68.8 Å². The molecule has 2 fully saturated rings. The van der Waals surface area contributed by atoms with Gasteiger partial charge in [-0.3, -0.25) is 0 Å². The molecule has 0 spiro atoms. The highest BCUT2D eigenvalue weighted by atomic mass is 35.5. The van der Waals surface area contributed by atoms with Crippen molar-refractivity contribution in [1.29, 1.82) is 0 Å². The zero-order chi connectivity index (χ0) is 27.8. The van der Waals surface area contributed by atoms with E-state index in [0.717, 1.165) is 30.2 Å². The van der Waals surface area contributed by atoms with Gasteiger partial charge < -0.3 is 19.1 Å². The molecule has 0 aromatic heterocycles. The summed E-state index contributed by atoms with van der Waals surface area (Å²) >= 11 is 7.96. The van der Waals surface area contributed by atoms with Crippen molar-refractivity contribution in [2.24, 2.45) is 5.92 Å². The molecule has 0 N–H and O–H groups in total. The maximum Gasteiger partial charge on any atom is 0.410 e. The quantitative estimate of drug-likeness (QED) is 0.368. The van der Waals surface area contributed by atoms with Gasteiger partial charge in [0.2, 0.25) is 0 Å². The summed E-state index contributed by atoms with van der Waals surface area (Å²) in [5, 5.41) is 0.964. The number of hydrogen-bond acceptors (Lipinski definition) is 5. The highest BCUT2D eigenvalue weighted by Crippen LogP contribution is 2.53. The number of thioether (sulfide) groups is 1. The summed E-state index contributed by atoms with van der Waals surface area (Å²) in [7, 11) is 0. The number of halogens is 3. The van der Waals surface area contributed by atoms with Crippen LogP contribution in [0.3, 0.4) is 0 Å². The molecule has 5 nitrogen and oxygen atoms in total. The van der Waals surface area contributed by atoms with Gasteiger partial charge in [0.15, 0.2) is 11.6 Å². The van der Waals surface area contributed by atoms with Crippen molar-refractivity contribution in [3.05, 3.63) is 64.2 Å². The van der Waals surface area contributed by atoms with Crippen molar-refractivity contribution < 1.29 is 27.8 Å². The molecule has 3 aliphatic heterocycles. The third-order valence-corrected chi connectivity index (χ3v) is 9.57. The van der Waals surface area contributed by atoms with Crippen LogP contribution in [-0.4, -0.2) is 60.0 Å². The molecule has 0 bridgehead atoms. The molecule has 0 radical (unpaired) electrons. The second-order valence-electron chi connectivity index (χ2n) is 11.8. The molecule has 39 heavy (non-hydrogen) atoms. The average Bonchev–Trinajstić information content (AvgIpc) is 3.35. The molecule has 3 heterocycles. The number of carbonyl (C=O) groups excluding carboxylic acids is 1. The lowest BCUT2D eigenvalue weighted by atomic mass is 9.60. The van der Waals surface area contributed by atoms with E-state index >= 15 is 4.39 Å². The number of hydrogen-bond donors (Lipinski definition) is 0. The fourth-order valence-corrected chi connectivity index (χ4v) is 7.59. The van der Waals surface area contributed by atoms with E-state index in [2.05, 4.69) is 0 Å². The summed E-state index contributed by atoms with van der Waals surface area (Å²) in [4.78, 5) is 14.2. The minimum atomic E-state index is -0.651. The van der Waals surface area contributed by atoms with Crippen LogP contribution < -0.4 is 4.74 Å². The summed E-state index contributed by atoms with van der Waals surface area (Å²) in [5.74, 6) is -0.233. The zero-order valence-corrected chi connectivity index (χ0v) is 24.3. The lowest BCUT2D eigenvalue weighted by Crippen LogP contribution is -2.55. The van der Waals surface area contributed by atoms with Gasteiger partial charge in [0.1, 0.15) is 11.4 Å². The molecule has 212 valence electrons. The normalized spacial score (nSPS) is 26.5. The summed E-state index contributed by atoms with van der Waals surface area (Å²) in [6.45, 7) is 7.70. The number of amides is 1. The fourth-order valence-electron chi connectivity index (χ4n) is 6.20. The Kier molecular flexibility index (Phi) is 8.37. The Morgan fingerprint density at radius 3 is 2.67 bits per heavy atom. The standard InChI is InChI=1S/C30H36ClF2NO4S/c1-29(2,3)38-28(35)34-13-10-21(17-34)39-15-11-25-22-18-37-27-24(33)9-8-23(32)26(27)30(22,12-14-36-25)16-19-4-6-20(31)7-5-19/h4-9,21-22,25H,10-18H2,1-3H3/t21-,22-,25-,30-/m0/s1. The predicted octanol–water partition coefficient (Wildman–Crippen LogP) is 7.03. The maximum absolute atomic E-state index is 15.5. The first-order chi connectivity index (χ1) is 18.6. The fraction of sp³-hybridized carbons (Fsp3) is 0.567. The van der Waals surface area contributed by atoms with Crippen molar-refractivity contribution >= 4 is 29.5 Å². The van der Waals surface area contributed by atoms with Crippen LogP contribution in [0.5, 0.6) is 5.75 Å². The molecule has 2 saturated heterocycles. The summed E-state index contributed by atoms with van der Waals surface area (Å²) in [6.07, 6.45) is 2.38. The molecule has 0 aliphatic carbocycles. The van der Waals surface area contributed by atoms with Crippen LogP contribution in [0.4, 0.5) is 13.6 Å². The maximum atomic E-state index is 15.5. The van der Waals surface area contributed by atoms with Gasteiger partial charge in [-0.05, 0) is 82.0 Å². The van der Waals surface area contributed by atoms with Crippen molar-refractivity contribution in [2.75, 3.05) is 32.1 Å². The Hall–Kier alpha value is -2.03. The van der Waals surface area contributed by atoms with Crippen LogP contribution in [0.2, 0.25) is 5.02 Å². The number of rotatable bonds is 6. The molecule has 3 aliphatic rings. The zero-order valence-electron chi connectivity index (χ0n) is 22.7. The van der Waals surface area contributed by atoms with Gasteiger partial charge in [0.05, 0.1) is 12.7 Å². The summed E-state index contributed by atoms with van der Waals surface area (Å²) < 4.78 is 48.0. The Labute approximate surface area is 238 Å². The van der Waals surface area contributed by atoms with Gasteiger partial charge in [-0.2, -0.15) is 11.8 Å². The Morgan fingerprint density at radius 1 is 1.18 bits per heavy atom. The Balaban J connectivity index is 1.30. The van der Waals surface area contributed by atoms with Gasteiger partial charge >= 0.3 is 6.09 Å². The van der Waals surface area contributed by atoms with E-state index in [1.807, 2.05) is 56.8 Å². The molecule has 2 aromatic carbocycles. The van der Waals surface area contributed by atoms with Gasteiger partial charge in [0, 0.05) is 46.9 Å². The van der Waals surface area contributed by atoms with Crippen LogP contribution >= 0.6 is 23.4 Å². The minimum Gasteiger partial charge on any atom is -0.490 e. The topological polar surface area (TPSA) is 48.0 Å². The first-order valence-corrected chi connectivity index (χ1v) is 15.1. The molecule has 0 unspecified atom stereocenters. The number of fused-ring (bicyclic) bond motifs is 3. The molecule has 1 amide bonds. The number of likely N-dealkylation sites (tertiary alicyclic amines) is 1. The van der Waals surface area contributed by atoms with E-state index in [1.54, 1.807) is 4.90 Å². The van der Waals surface area contributed by atoms with E-state index in [0.29, 0.717) is 48.4 Å². The molecule has 2 aromatic rings. The third-order valence-electron chi connectivity index (χ3n) is 7.99. The van der Waals surface area contributed by atoms with Crippen molar-refractivity contribution in [3.63, 3.8) is 0 Å². The summed E-state index contributed by atoms with van der Waals surface area (Å²) in [5.41, 5.74) is 0.187. The minimum absolute atomic E-state index is 0.0310. The molecule has 0 saturated carbocycles. The monoisotopic (exact) mass is 579 g/mol. The SMILES string of the molecule is CC(C)(C)OC(=O)N1CC[C@H](SCC[C@@H]2OCC[C@@]3(Cc4ccc(Cl)cc4)c4c(F)ccc(F)c4OC[C@@H]23)C1. The number of benzene rings is 2. The summed E-state index contributed by atoms with van der Waals surface area (Å²) in [6, 6.07) is 9.93. The first-order valence-electron chi connectivity index (χ1n) is 13.6. The van der Waals surface area contributed by atoms with E-state index in [9.17, 15) is 9.18 Å². The number of nitrogens with zero attached hydrogens (tertiary/aromatic N) is 1. The average molecular weight is 580 g/mol. The van der Waals surface area contributed by atoms with Crippen LogP contribution in [0.1, 0.15) is 51.2 Å². The molecule has 4 atom stereocenters. The smallest absolute Gasteiger partial charge is 0.410 e. The van der Waals surface area contributed by atoms with Gasteiger partial charge in [-0.15, -0.1) is 0 Å². The van der Waals surface area contributed by atoms with Gasteiger partial charge in [-0.1, -0.05) is 23.7 Å². The van der Waals surface area contributed by atoms with Crippen LogP contribution in [0.25, 0.3) is 0 Å². The van der Waals surface area contributed by atoms with E-state index in [4.69, 9.17) is 25.8 Å². The van der Waals surface area contributed by atoms with Gasteiger partial charge in [0.25, 0.3) is 0 Å². The highest BCUT2D eigenvalue weighted by Gasteiger charge is 2.53. The van der Waals surface area contributed by atoms with Crippen molar-refractivity contribution in [1.82, 2.24) is 4.90 Å². The molecular formula is C30H36ClF2NO4S. The van der Waals surface area contributed by atoms with E-state index in [1.165, 1.54) is 6.07 Å². The van der Waals surface area contributed by atoms with Crippen molar-refractivity contribution in [3.8, 4) is 5.75 Å². The van der Waals surface area contributed by atoms with Gasteiger partial charge in [-0.25, -0.2) is 13.6 Å². The van der Waals surface area contributed by atoms with Crippen LogP contribution in [-0.2, 0) is 21.3 Å². The number of carbonyl (C=O) groups is 1. The number of ether oxygens (including phenoxy) is 3. The Bertz CT molecular complexity index is 1190. The highest BCUT2D eigenvalue weighted by molar-refractivity contribution is 7.99. The largest absolute Gasteiger partial charge is 0.490 e. The molecule has 5 rings (SSSR count). The molecular weight excluding hydrogens is 544 g/mol. The third kappa shape index (κ3) is 6.18. The lowest BCUT2D eigenvalue weighted by molar-refractivity contribution is -0.0962. The van der Waals surface area contributed by atoms with E-state index in [-0.39, 0.29) is 30.5 Å². The first kappa shape index (κ1) is 28.5.